The Bertz CT molecular complexity index is 469. The molecule has 0 fully saturated rings. The van der Waals surface area contributed by atoms with Gasteiger partial charge in [0.1, 0.15) is 5.76 Å². The molecule has 0 saturated carbocycles. The number of hydrogen-bond acceptors (Lipinski definition) is 3. The highest BCUT2D eigenvalue weighted by Gasteiger charge is 2.26. The Morgan fingerprint density at radius 1 is 1.32 bits per heavy atom. The van der Waals surface area contributed by atoms with E-state index in [4.69, 9.17) is 4.52 Å². The molecule has 1 aromatic heterocycles. The van der Waals surface area contributed by atoms with E-state index >= 15 is 0 Å². The first-order chi connectivity index (χ1) is 9.74. The maximum atomic E-state index is 12.1. The Balaban J connectivity index is 0.00000441. The average Bonchev–Trinajstić information content (AvgIpc) is 2.71. The summed E-state index contributed by atoms with van der Waals surface area (Å²) in [6.45, 7) is 6.00. The topological polar surface area (TPSA) is 62.5 Å². The third kappa shape index (κ3) is 6.84. The van der Waals surface area contributed by atoms with Crippen LogP contribution >= 0.6 is 24.0 Å². The molecule has 1 rings (SSSR count). The molecule has 22 heavy (non-hydrogen) atoms. The van der Waals surface area contributed by atoms with Gasteiger partial charge in [0.2, 0.25) is 0 Å². The van der Waals surface area contributed by atoms with Crippen LogP contribution in [0.4, 0.5) is 13.2 Å². The number of hydrogen-bond donors (Lipinski definition) is 2. The number of nitrogens with zero attached hydrogens (tertiary/aromatic N) is 2. The van der Waals surface area contributed by atoms with E-state index < -0.39 is 12.6 Å². The van der Waals surface area contributed by atoms with Crippen molar-refractivity contribution in [1.82, 2.24) is 15.8 Å². The van der Waals surface area contributed by atoms with Gasteiger partial charge < -0.3 is 15.2 Å². The van der Waals surface area contributed by atoms with Crippen LogP contribution in [-0.2, 0) is 0 Å². The van der Waals surface area contributed by atoms with Gasteiger partial charge in [-0.3, -0.25) is 4.99 Å². The maximum Gasteiger partial charge on any atom is 0.390 e. The summed E-state index contributed by atoms with van der Waals surface area (Å²) >= 11 is 0. The van der Waals surface area contributed by atoms with Crippen molar-refractivity contribution in [1.29, 1.82) is 0 Å². The SMILES string of the molecule is CN=C(NCCC(F)(F)F)NCC(C)c1c(C)noc1C.I. The second kappa shape index (κ2) is 9.21. The summed E-state index contributed by atoms with van der Waals surface area (Å²) in [6.07, 6.45) is -5.07. The Hall–Kier alpha value is -1.00. The Morgan fingerprint density at radius 3 is 2.41 bits per heavy atom. The van der Waals surface area contributed by atoms with Gasteiger partial charge in [0.05, 0.1) is 12.1 Å². The van der Waals surface area contributed by atoms with Crippen molar-refractivity contribution in [3.8, 4) is 0 Å². The summed E-state index contributed by atoms with van der Waals surface area (Å²) in [4.78, 5) is 3.89. The molecule has 2 N–H and O–H groups in total. The number of halogens is 4. The second-order valence-electron chi connectivity index (χ2n) is 4.88. The summed E-state index contributed by atoms with van der Waals surface area (Å²) < 4.78 is 41.3. The molecule has 0 aliphatic rings. The summed E-state index contributed by atoms with van der Waals surface area (Å²) in [5.41, 5.74) is 1.83. The fourth-order valence-electron chi connectivity index (χ4n) is 2.09. The summed E-state index contributed by atoms with van der Waals surface area (Å²) in [7, 11) is 1.52. The molecule has 1 aromatic rings. The van der Waals surface area contributed by atoms with Gasteiger partial charge in [0, 0.05) is 31.6 Å². The predicted molar refractivity (Wildman–Crippen MR) is 89.8 cm³/mol. The molecule has 128 valence electrons. The van der Waals surface area contributed by atoms with Gasteiger partial charge in [0.25, 0.3) is 0 Å². The minimum absolute atomic E-state index is 0. The molecule has 5 nitrogen and oxygen atoms in total. The van der Waals surface area contributed by atoms with E-state index in [0.29, 0.717) is 12.5 Å². The summed E-state index contributed by atoms with van der Waals surface area (Å²) in [5, 5.41) is 9.52. The van der Waals surface area contributed by atoms with E-state index in [0.717, 1.165) is 17.0 Å². The molecule has 0 saturated heterocycles. The van der Waals surface area contributed by atoms with E-state index in [1.54, 1.807) is 0 Å². The first kappa shape index (κ1) is 21.0. The maximum absolute atomic E-state index is 12.1. The molecule has 0 aliphatic carbocycles. The zero-order valence-corrected chi connectivity index (χ0v) is 15.4. The first-order valence-electron chi connectivity index (χ1n) is 6.68. The second-order valence-corrected chi connectivity index (χ2v) is 4.88. The van der Waals surface area contributed by atoms with Gasteiger partial charge in [-0.15, -0.1) is 24.0 Å². The minimum atomic E-state index is -4.17. The molecule has 0 aromatic carbocycles. The van der Waals surface area contributed by atoms with E-state index in [1.165, 1.54) is 7.05 Å². The average molecular weight is 434 g/mol. The zero-order chi connectivity index (χ0) is 16.0. The van der Waals surface area contributed by atoms with Gasteiger partial charge in [-0.2, -0.15) is 13.2 Å². The molecule has 9 heteroatoms. The van der Waals surface area contributed by atoms with Crippen molar-refractivity contribution < 1.29 is 17.7 Å². The van der Waals surface area contributed by atoms with E-state index in [9.17, 15) is 13.2 Å². The van der Waals surface area contributed by atoms with Crippen molar-refractivity contribution in [3.63, 3.8) is 0 Å². The molecule has 1 atom stereocenters. The Morgan fingerprint density at radius 2 is 1.95 bits per heavy atom. The molecule has 1 heterocycles. The van der Waals surface area contributed by atoms with Crippen LogP contribution in [-0.4, -0.2) is 37.4 Å². The number of guanidine groups is 1. The van der Waals surface area contributed by atoms with Gasteiger partial charge in [-0.05, 0) is 13.8 Å². The van der Waals surface area contributed by atoms with Crippen molar-refractivity contribution in [2.45, 2.75) is 39.3 Å². The van der Waals surface area contributed by atoms with Crippen molar-refractivity contribution in [2.75, 3.05) is 20.1 Å². The molecule has 1 unspecified atom stereocenters. The van der Waals surface area contributed by atoms with Crippen LogP contribution in [0.15, 0.2) is 9.52 Å². The fraction of sp³-hybridized carbons (Fsp3) is 0.692. The monoisotopic (exact) mass is 434 g/mol. The minimum Gasteiger partial charge on any atom is -0.361 e. The van der Waals surface area contributed by atoms with Crippen LogP contribution in [0.5, 0.6) is 0 Å². The van der Waals surface area contributed by atoms with Crippen molar-refractivity contribution in [3.05, 3.63) is 17.0 Å². The Labute approximate surface area is 145 Å². The fourth-order valence-corrected chi connectivity index (χ4v) is 2.09. The third-order valence-corrected chi connectivity index (χ3v) is 3.08. The lowest BCUT2D eigenvalue weighted by atomic mass is 10.00. The van der Waals surface area contributed by atoms with Crippen LogP contribution < -0.4 is 10.6 Å². The van der Waals surface area contributed by atoms with Crippen LogP contribution in [0.1, 0.15) is 36.3 Å². The summed E-state index contributed by atoms with van der Waals surface area (Å²) in [5.74, 6) is 1.21. The number of aryl methyl sites for hydroxylation is 2. The van der Waals surface area contributed by atoms with Crippen molar-refractivity contribution >= 4 is 29.9 Å². The molecular weight excluding hydrogens is 412 g/mol. The number of nitrogens with one attached hydrogen (secondary N) is 2. The zero-order valence-electron chi connectivity index (χ0n) is 13.0. The van der Waals surface area contributed by atoms with Crippen LogP contribution in [0.3, 0.4) is 0 Å². The van der Waals surface area contributed by atoms with Crippen molar-refractivity contribution in [2.24, 2.45) is 4.99 Å². The van der Waals surface area contributed by atoms with Gasteiger partial charge in [-0.1, -0.05) is 12.1 Å². The van der Waals surface area contributed by atoms with E-state index in [-0.39, 0.29) is 36.4 Å². The number of alkyl halides is 3. The Kier molecular flexibility index (Phi) is 8.79. The molecule has 0 bridgehead atoms. The molecular formula is C13H22F3IN4O. The quantitative estimate of drug-likeness (QED) is 0.425. The normalized spacial score (nSPS) is 13.5. The number of aromatic nitrogens is 1. The van der Waals surface area contributed by atoms with Gasteiger partial charge >= 0.3 is 6.18 Å². The van der Waals surface area contributed by atoms with Gasteiger partial charge in [-0.25, -0.2) is 0 Å². The van der Waals surface area contributed by atoms with Gasteiger partial charge in [0.15, 0.2) is 5.96 Å². The van der Waals surface area contributed by atoms with Crippen LogP contribution in [0, 0.1) is 13.8 Å². The van der Waals surface area contributed by atoms with E-state index in [2.05, 4.69) is 20.8 Å². The highest BCUT2D eigenvalue weighted by molar-refractivity contribution is 14.0. The van der Waals surface area contributed by atoms with Crippen LogP contribution in [0.2, 0.25) is 0 Å². The first-order valence-corrected chi connectivity index (χ1v) is 6.68. The van der Waals surface area contributed by atoms with E-state index in [1.807, 2.05) is 20.8 Å². The third-order valence-electron chi connectivity index (χ3n) is 3.08. The molecule has 0 radical (unpaired) electrons. The molecule has 0 amide bonds. The highest BCUT2D eigenvalue weighted by Crippen LogP contribution is 2.22. The smallest absolute Gasteiger partial charge is 0.361 e. The lowest BCUT2D eigenvalue weighted by Gasteiger charge is -2.16. The lowest BCUT2D eigenvalue weighted by Crippen LogP contribution is -2.40. The summed E-state index contributed by atoms with van der Waals surface area (Å²) in [6, 6.07) is 0. The largest absolute Gasteiger partial charge is 0.390 e. The lowest BCUT2D eigenvalue weighted by molar-refractivity contribution is -0.132. The number of aliphatic imine (C=N–C) groups is 1. The number of rotatable bonds is 5. The van der Waals surface area contributed by atoms with Crippen LogP contribution in [0.25, 0.3) is 0 Å². The predicted octanol–water partition coefficient (Wildman–Crippen LogP) is 3.13. The highest BCUT2D eigenvalue weighted by atomic mass is 127. The molecule has 0 spiro atoms. The molecule has 0 aliphatic heterocycles. The standard InChI is InChI=1S/C13H21F3N4O.HI/c1-8(11-9(2)20-21-10(11)3)7-19-12(17-4)18-6-5-13(14,15)16;/h8H,5-7H2,1-4H3,(H2,17,18,19);1H.